The Morgan fingerprint density at radius 2 is 1.94 bits per heavy atom. The third-order valence-corrected chi connectivity index (χ3v) is 3.09. The van der Waals surface area contributed by atoms with E-state index in [0.717, 1.165) is 38.4 Å². The topological polar surface area (TPSA) is 18.5 Å². The number of hydrogen-bond acceptors (Lipinski definition) is 3. The van der Waals surface area contributed by atoms with Gasteiger partial charge < -0.3 is 5.32 Å². The van der Waals surface area contributed by atoms with E-state index >= 15 is 0 Å². The fourth-order valence-electron chi connectivity index (χ4n) is 2.19. The van der Waals surface area contributed by atoms with Crippen LogP contribution in [0.15, 0.2) is 18.2 Å². The van der Waals surface area contributed by atoms with Crippen LogP contribution in [0.3, 0.4) is 0 Å². The fraction of sp³-hybridized carbons (Fsp3) is 0.538. The molecular formula is C13H19F2N3. The molecule has 0 bridgehead atoms. The summed E-state index contributed by atoms with van der Waals surface area (Å²) >= 11 is 0. The van der Waals surface area contributed by atoms with Crippen LogP contribution in [-0.2, 0) is 6.54 Å². The SMILES string of the molecule is CN(Cc1ccc(F)c(F)c1)CN1CCNCC1. The largest absolute Gasteiger partial charge is 0.314 e. The molecule has 0 saturated carbocycles. The van der Waals surface area contributed by atoms with Crippen LogP contribution in [0.5, 0.6) is 0 Å². The van der Waals surface area contributed by atoms with Gasteiger partial charge in [0, 0.05) is 32.7 Å². The first-order chi connectivity index (χ1) is 8.65. The zero-order valence-corrected chi connectivity index (χ0v) is 10.6. The number of halogens is 2. The highest BCUT2D eigenvalue weighted by molar-refractivity contribution is 5.17. The second kappa shape index (κ2) is 6.22. The quantitative estimate of drug-likeness (QED) is 0.874. The molecule has 0 aliphatic carbocycles. The van der Waals surface area contributed by atoms with Crippen LogP contribution in [0.2, 0.25) is 0 Å². The maximum atomic E-state index is 13.1. The lowest BCUT2D eigenvalue weighted by atomic mass is 10.2. The van der Waals surface area contributed by atoms with Crippen LogP contribution < -0.4 is 5.32 Å². The molecule has 1 aromatic carbocycles. The van der Waals surface area contributed by atoms with Crippen molar-refractivity contribution in [3.63, 3.8) is 0 Å². The fourth-order valence-corrected chi connectivity index (χ4v) is 2.19. The molecule has 1 aromatic rings. The molecule has 1 aliphatic heterocycles. The smallest absolute Gasteiger partial charge is 0.159 e. The van der Waals surface area contributed by atoms with Gasteiger partial charge in [0.15, 0.2) is 11.6 Å². The van der Waals surface area contributed by atoms with Gasteiger partial charge in [0.1, 0.15) is 0 Å². The third-order valence-electron chi connectivity index (χ3n) is 3.09. The van der Waals surface area contributed by atoms with E-state index in [1.165, 1.54) is 12.1 Å². The summed E-state index contributed by atoms with van der Waals surface area (Å²) in [4.78, 5) is 4.45. The standard InChI is InChI=1S/C13H19F2N3/c1-17(10-18-6-4-16-5-7-18)9-11-2-3-12(14)13(15)8-11/h2-3,8,16H,4-7,9-10H2,1H3. The Morgan fingerprint density at radius 3 is 2.61 bits per heavy atom. The minimum Gasteiger partial charge on any atom is -0.314 e. The van der Waals surface area contributed by atoms with Gasteiger partial charge in [-0.3, -0.25) is 9.80 Å². The molecule has 1 fully saturated rings. The Kier molecular flexibility index (Phi) is 4.63. The van der Waals surface area contributed by atoms with Crippen molar-refractivity contribution in [2.75, 3.05) is 39.9 Å². The number of rotatable bonds is 4. The summed E-state index contributed by atoms with van der Waals surface area (Å²) in [5.41, 5.74) is 0.798. The van der Waals surface area contributed by atoms with Gasteiger partial charge in [0.2, 0.25) is 0 Å². The van der Waals surface area contributed by atoms with E-state index in [1.54, 1.807) is 6.07 Å². The van der Waals surface area contributed by atoms with E-state index in [9.17, 15) is 8.78 Å². The average Bonchev–Trinajstić information content (AvgIpc) is 2.35. The van der Waals surface area contributed by atoms with E-state index < -0.39 is 11.6 Å². The van der Waals surface area contributed by atoms with E-state index in [4.69, 9.17) is 0 Å². The lowest BCUT2D eigenvalue weighted by Gasteiger charge is -2.31. The van der Waals surface area contributed by atoms with E-state index in [0.29, 0.717) is 6.54 Å². The van der Waals surface area contributed by atoms with Crippen molar-refractivity contribution >= 4 is 0 Å². The van der Waals surface area contributed by atoms with Crippen molar-refractivity contribution in [2.45, 2.75) is 6.54 Å². The molecule has 0 amide bonds. The second-order valence-electron chi connectivity index (χ2n) is 4.77. The normalized spacial score (nSPS) is 17.3. The molecular weight excluding hydrogens is 236 g/mol. The van der Waals surface area contributed by atoms with Gasteiger partial charge in [0.25, 0.3) is 0 Å². The zero-order valence-electron chi connectivity index (χ0n) is 10.6. The molecule has 1 saturated heterocycles. The maximum Gasteiger partial charge on any atom is 0.159 e. The number of nitrogens with one attached hydrogen (secondary N) is 1. The summed E-state index contributed by atoms with van der Waals surface area (Å²) in [6.45, 7) is 5.56. The highest BCUT2D eigenvalue weighted by Crippen LogP contribution is 2.10. The highest BCUT2D eigenvalue weighted by Gasteiger charge is 2.12. The summed E-state index contributed by atoms with van der Waals surface area (Å²) in [6.07, 6.45) is 0. The Bertz CT molecular complexity index is 392. The van der Waals surface area contributed by atoms with E-state index in [-0.39, 0.29) is 0 Å². The molecule has 1 heterocycles. The summed E-state index contributed by atoms with van der Waals surface area (Å²) in [5, 5.41) is 3.30. The zero-order chi connectivity index (χ0) is 13.0. The summed E-state index contributed by atoms with van der Waals surface area (Å²) in [5.74, 6) is -1.56. The van der Waals surface area contributed by atoms with Crippen LogP contribution in [0.4, 0.5) is 8.78 Å². The summed E-state index contributed by atoms with van der Waals surface area (Å²) in [7, 11) is 1.99. The van der Waals surface area contributed by atoms with Gasteiger partial charge in [-0.05, 0) is 24.7 Å². The molecule has 0 atom stereocenters. The van der Waals surface area contributed by atoms with Gasteiger partial charge in [-0.2, -0.15) is 0 Å². The van der Waals surface area contributed by atoms with Crippen LogP contribution in [-0.4, -0.2) is 49.7 Å². The number of hydrogen-bond donors (Lipinski definition) is 1. The predicted octanol–water partition coefficient (Wildman–Crippen LogP) is 1.26. The van der Waals surface area contributed by atoms with Crippen LogP contribution >= 0.6 is 0 Å². The molecule has 1 N–H and O–H groups in total. The first-order valence-corrected chi connectivity index (χ1v) is 6.21. The van der Waals surface area contributed by atoms with Gasteiger partial charge in [-0.1, -0.05) is 6.07 Å². The third kappa shape index (κ3) is 3.73. The van der Waals surface area contributed by atoms with Crippen molar-refractivity contribution in [3.05, 3.63) is 35.4 Å². The molecule has 18 heavy (non-hydrogen) atoms. The average molecular weight is 255 g/mol. The van der Waals surface area contributed by atoms with Crippen LogP contribution in [0.1, 0.15) is 5.56 Å². The molecule has 0 aromatic heterocycles. The lowest BCUT2D eigenvalue weighted by Crippen LogP contribution is -2.47. The number of nitrogens with zero attached hydrogens (tertiary/aromatic N) is 2. The molecule has 2 rings (SSSR count). The molecule has 5 heteroatoms. The van der Waals surface area contributed by atoms with Gasteiger partial charge in [-0.15, -0.1) is 0 Å². The lowest BCUT2D eigenvalue weighted by molar-refractivity contribution is 0.135. The molecule has 100 valence electrons. The summed E-state index contributed by atoms with van der Waals surface area (Å²) < 4.78 is 25.9. The summed E-state index contributed by atoms with van der Waals surface area (Å²) in [6, 6.07) is 4.08. The van der Waals surface area contributed by atoms with E-state index in [1.807, 2.05) is 7.05 Å². The molecule has 0 radical (unpaired) electrons. The Labute approximate surface area is 106 Å². The molecule has 0 spiro atoms. The van der Waals surface area contributed by atoms with Gasteiger partial charge >= 0.3 is 0 Å². The molecule has 0 unspecified atom stereocenters. The van der Waals surface area contributed by atoms with Crippen molar-refractivity contribution in [3.8, 4) is 0 Å². The monoisotopic (exact) mass is 255 g/mol. The first kappa shape index (κ1) is 13.4. The van der Waals surface area contributed by atoms with Crippen molar-refractivity contribution in [2.24, 2.45) is 0 Å². The van der Waals surface area contributed by atoms with Crippen LogP contribution in [0.25, 0.3) is 0 Å². The van der Waals surface area contributed by atoms with Crippen LogP contribution in [0, 0.1) is 11.6 Å². The Hall–Kier alpha value is -1.04. The van der Waals surface area contributed by atoms with Crippen molar-refractivity contribution < 1.29 is 8.78 Å². The van der Waals surface area contributed by atoms with Crippen molar-refractivity contribution in [1.29, 1.82) is 0 Å². The maximum absolute atomic E-state index is 13.1. The minimum atomic E-state index is -0.788. The van der Waals surface area contributed by atoms with Gasteiger partial charge in [-0.25, -0.2) is 8.78 Å². The number of benzene rings is 1. The van der Waals surface area contributed by atoms with E-state index in [2.05, 4.69) is 15.1 Å². The Balaban J connectivity index is 1.85. The minimum absolute atomic E-state index is 0.626. The first-order valence-electron chi connectivity index (χ1n) is 6.21. The second-order valence-corrected chi connectivity index (χ2v) is 4.77. The number of piperazine rings is 1. The highest BCUT2D eigenvalue weighted by atomic mass is 19.2. The van der Waals surface area contributed by atoms with Gasteiger partial charge in [0.05, 0.1) is 6.67 Å². The molecule has 1 aliphatic rings. The molecule has 3 nitrogen and oxygen atoms in total. The van der Waals surface area contributed by atoms with Crippen molar-refractivity contribution in [1.82, 2.24) is 15.1 Å². The Morgan fingerprint density at radius 1 is 1.22 bits per heavy atom. The predicted molar refractivity (Wildman–Crippen MR) is 67.1 cm³/mol.